The second-order valence-corrected chi connectivity index (χ2v) is 9.78. The van der Waals surface area contributed by atoms with Crippen LogP contribution >= 0.6 is 0 Å². The molecule has 1 aliphatic heterocycles. The first-order valence-electron chi connectivity index (χ1n) is 10.9. The summed E-state index contributed by atoms with van der Waals surface area (Å²) in [5.74, 6) is 0. The van der Waals surface area contributed by atoms with Gasteiger partial charge in [-0.15, -0.1) is 0 Å². The van der Waals surface area contributed by atoms with Crippen molar-refractivity contribution in [2.45, 2.75) is 38.1 Å². The maximum absolute atomic E-state index is 13.0. The van der Waals surface area contributed by atoms with E-state index in [0.717, 1.165) is 47.3 Å². The van der Waals surface area contributed by atoms with Gasteiger partial charge in [-0.3, -0.25) is 14.6 Å². The molecule has 32 heavy (non-hydrogen) atoms. The van der Waals surface area contributed by atoms with Gasteiger partial charge in [-0.1, -0.05) is 26.0 Å². The number of rotatable bonds is 6. The summed E-state index contributed by atoms with van der Waals surface area (Å²) in [5, 5.41) is 5.79. The van der Waals surface area contributed by atoms with Gasteiger partial charge in [0.25, 0.3) is 0 Å². The fourth-order valence-corrected chi connectivity index (χ4v) is 5.99. The van der Waals surface area contributed by atoms with Crippen molar-refractivity contribution < 1.29 is 8.42 Å². The monoisotopic (exact) mass is 447 g/mol. The highest BCUT2D eigenvalue weighted by atomic mass is 32.2. The van der Waals surface area contributed by atoms with E-state index in [1.165, 1.54) is 10.00 Å². The van der Waals surface area contributed by atoms with Crippen molar-refractivity contribution in [3.63, 3.8) is 0 Å². The van der Waals surface area contributed by atoms with E-state index in [2.05, 4.69) is 14.6 Å². The van der Waals surface area contributed by atoms with Gasteiger partial charge in [0.1, 0.15) is 5.69 Å². The number of benzene rings is 1. The highest BCUT2D eigenvalue weighted by Gasteiger charge is 2.26. The molecule has 0 amide bonds. The van der Waals surface area contributed by atoms with Gasteiger partial charge in [0.2, 0.25) is 10.0 Å². The van der Waals surface area contributed by atoms with Gasteiger partial charge in [0, 0.05) is 48.7 Å². The van der Waals surface area contributed by atoms with Crippen LogP contribution in [0.1, 0.15) is 26.0 Å². The predicted octanol–water partition coefficient (Wildman–Crippen LogP) is 4.14. The van der Waals surface area contributed by atoms with Crippen LogP contribution in [0.15, 0.2) is 59.8 Å². The maximum atomic E-state index is 13.0. The van der Waals surface area contributed by atoms with Crippen LogP contribution in [0.25, 0.3) is 33.4 Å². The molecule has 0 atom stereocenters. The lowest BCUT2D eigenvalue weighted by Crippen LogP contribution is -2.30. The van der Waals surface area contributed by atoms with Crippen LogP contribution in [0, 0.1) is 0 Å². The number of nitrogens with zero attached hydrogens (tertiary/aromatic N) is 5. The molecular formula is C24H25N5O2S. The minimum atomic E-state index is -3.55. The lowest BCUT2D eigenvalue weighted by molar-refractivity contribution is 0.445. The van der Waals surface area contributed by atoms with Gasteiger partial charge in [-0.25, -0.2) is 8.42 Å². The molecule has 7 nitrogen and oxygen atoms in total. The number of aromatic nitrogens is 4. The SMILES string of the molecule is CCN(CC)S(=O)(=O)c1ccc2c(-c3c(-c4ccccn4)nn4c3CCC4)ccnc2c1. The van der Waals surface area contributed by atoms with Crippen molar-refractivity contribution in [2.75, 3.05) is 13.1 Å². The highest BCUT2D eigenvalue weighted by molar-refractivity contribution is 7.89. The van der Waals surface area contributed by atoms with Gasteiger partial charge in [0.15, 0.2) is 0 Å². The summed E-state index contributed by atoms with van der Waals surface area (Å²) < 4.78 is 29.6. The van der Waals surface area contributed by atoms with Crippen molar-refractivity contribution in [3.05, 3.63) is 60.6 Å². The van der Waals surface area contributed by atoms with Crippen molar-refractivity contribution in [3.8, 4) is 22.5 Å². The average Bonchev–Trinajstić information content (AvgIpc) is 3.41. The Labute approximate surface area is 187 Å². The fraction of sp³-hybridized carbons (Fsp3) is 0.292. The Hall–Kier alpha value is -3.10. The molecule has 4 heterocycles. The van der Waals surface area contributed by atoms with Crippen molar-refractivity contribution in [1.82, 2.24) is 24.1 Å². The minimum Gasteiger partial charge on any atom is -0.268 e. The number of fused-ring (bicyclic) bond motifs is 2. The highest BCUT2D eigenvalue weighted by Crippen LogP contribution is 2.40. The third-order valence-electron chi connectivity index (χ3n) is 6.08. The molecular weight excluding hydrogens is 422 g/mol. The van der Waals surface area contributed by atoms with Crippen molar-refractivity contribution in [2.24, 2.45) is 0 Å². The van der Waals surface area contributed by atoms with Gasteiger partial charge in [-0.05, 0) is 48.7 Å². The summed E-state index contributed by atoms with van der Waals surface area (Å²) in [4.78, 5) is 9.31. The second-order valence-electron chi connectivity index (χ2n) is 7.84. The molecule has 164 valence electrons. The molecule has 3 aromatic heterocycles. The Morgan fingerprint density at radius 3 is 2.62 bits per heavy atom. The summed E-state index contributed by atoms with van der Waals surface area (Å²) >= 11 is 0. The van der Waals surface area contributed by atoms with Crippen LogP contribution in [-0.4, -0.2) is 45.6 Å². The topological polar surface area (TPSA) is 81.0 Å². The molecule has 1 aliphatic rings. The third kappa shape index (κ3) is 3.30. The summed E-state index contributed by atoms with van der Waals surface area (Å²) in [5.41, 5.74) is 5.60. The zero-order valence-corrected chi connectivity index (χ0v) is 19.0. The van der Waals surface area contributed by atoms with Crippen LogP contribution in [0.3, 0.4) is 0 Å². The number of hydrogen-bond donors (Lipinski definition) is 0. The molecule has 0 saturated heterocycles. The van der Waals surface area contributed by atoms with Crippen LogP contribution in [0.5, 0.6) is 0 Å². The lowest BCUT2D eigenvalue weighted by atomic mass is 9.97. The molecule has 8 heteroatoms. The smallest absolute Gasteiger partial charge is 0.243 e. The molecule has 5 rings (SSSR count). The lowest BCUT2D eigenvalue weighted by Gasteiger charge is -2.18. The summed E-state index contributed by atoms with van der Waals surface area (Å²) in [6.07, 6.45) is 5.53. The maximum Gasteiger partial charge on any atom is 0.243 e. The second kappa shape index (κ2) is 8.11. The molecule has 4 aromatic rings. The van der Waals surface area contributed by atoms with E-state index in [1.807, 2.05) is 44.2 Å². The van der Waals surface area contributed by atoms with Gasteiger partial charge in [-0.2, -0.15) is 9.40 Å². The third-order valence-corrected chi connectivity index (χ3v) is 8.12. The number of aryl methyl sites for hydroxylation is 1. The van der Waals surface area contributed by atoms with Gasteiger partial charge < -0.3 is 0 Å². The molecule has 0 unspecified atom stereocenters. The number of sulfonamides is 1. The summed E-state index contributed by atoms with van der Waals surface area (Å²) in [7, 11) is -3.55. The first-order valence-corrected chi connectivity index (χ1v) is 12.4. The molecule has 0 bridgehead atoms. The van der Waals surface area contributed by atoms with Gasteiger partial charge >= 0.3 is 0 Å². The summed E-state index contributed by atoms with van der Waals surface area (Å²) in [6.45, 7) is 5.45. The molecule has 0 fully saturated rings. The number of pyridine rings is 2. The van der Waals surface area contributed by atoms with E-state index in [9.17, 15) is 8.42 Å². The van der Waals surface area contributed by atoms with E-state index in [0.29, 0.717) is 18.6 Å². The molecule has 0 radical (unpaired) electrons. The molecule has 0 saturated carbocycles. The molecule has 0 N–H and O–H groups in total. The van der Waals surface area contributed by atoms with Crippen molar-refractivity contribution in [1.29, 1.82) is 0 Å². The average molecular weight is 448 g/mol. The van der Waals surface area contributed by atoms with E-state index in [-0.39, 0.29) is 4.90 Å². The van der Waals surface area contributed by atoms with E-state index < -0.39 is 10.0 Å². The Morgan fingerprint density at radius 1 is 1.03 bits per heavy atom. The molecule has 0 aliphatic carbocycles. The zero-order chi connectivity index (χ0) is 22.3. The Kier molecular flexibility index (Phi) is 5.27. The first-order chi connectivity index (χ1) is 15.5. The van der Waals surface area contributed by atoms with Gasteiger partial charge in [0.05, 0.1) is 16.1 Å². The zero-order valence-electron chi connectivity index (χ0n) is 18.2. The van der Waals surface area contributed by atoms with Crippen LogP contribution in [0.2, 0.25) is 0 Å². The van der Waals surface area contributed by atoms with Crippen LogP contribution in [-0.2, 0) is 23.0 Å². The van der Waals surface area contributed by atoms with E-state index in [4.69, 9.17) is 5.10 Å². The van der Waals surface area contributed by atoms with Crippen molar-refractivity contribution >= 4 is 20.9 Å². The largest absolute Gasteiger partial charge is 0.268 e. The minimum absolute atomic E-state index is 0.267. The fourth-order valence-electron chi connectivity index (χ4n) is 4.52. The quantitative estimate of drug-likeness (QED) is 0.444. The number of hydrogen-bond acceptors (Lipinski definition) is 5. The van der Waals surface area contributed by atoms with Crippen LogP contribution in [0.4, 0.5) is 0 Å². The Bertz CT molecular complexity index is 1390. The molecule has 0 spiro atoms. The van der Waals surface area contributed by atoms with Crippen LogP contribution < -0.4 is 0 Å². The van der Waals surface area contributed by atoms with E-state index >= 15 is 0 Å². The first kappa shape index (κ1) is 20.8. The van der Waals surface area contributed by atoms with E-state index in [1.54, 1.807) is 24.5 Å². The molecule has 1 aromatic carbocycles. The Morgan fingerprint density at radius 2 is 1.88 bits per heavy atom. The Balaban J connectivity index is 1.71. The normalized spacial score (nSPS) is 13.7. The summed E-state index contributed by atoms with van der Waals surface area (Å²) in [6, 6.07) is 13.1. The predicted molar refractivity (Wildman–Crippen MR) is 125 cm³/mol. The standard InChI is InChI=1S/C24H25N5O2S/c1-3-28(4-2)32(30,31)17-10-11-18-19(12-14-26-21(18)16-17)23-22-9-7-15-29(22)27-24(23)20-8-5-6-13-25-20/h5-6,8,10-14,16H,3-4,7,9,15H2,1-2H3.